The number of aromatic nitrogens is 1. The minimum absolute atomic E-state index is 0.220. The first kappa shape index (κ1) is 14.4. The van der Waals surface area contributed by atoms with Crippen molar-refractivity contribution in [3.8, 4) is 16.9 Å². The predicted molar refractivity (Wildman–Crippen MR) is 72.8 cm³/mol. The molecule has 0 fully saturated rings. The molecule has 0 aliphatic carbocycles. The molecule has 0 radical (unpaired) electrons. The van der Waals surface area contributed by atoms with E-state index in [9.17, 15) is 19.1 Å². The Morgan fingerprint density at radius 3 is 2.48 bits per heavy atom. The molecule has 2 rings (SSSR count). The quantitative estimate of drug-likeness (QED) is 0.774. The Balaban J connectivity index is 2.23. The number of nitrogens with zero attached hydrogens (tertiary/aromatic N) is 1. The summed E-state index contributed by atoms with van der Waals surface area (Å²) in [5.74, 6) is -2.14. The van der Waals surface area contributed by atoms with Gasteiger partial charge in [-0.1, -0.05) is 12.1 Å². The summed E-state index contributed by atoms with van der Waals surface area (Å²) < 4.78 is 12.8. The zero-order chi connectivity index (χ0) is 15.4. The summed E-state index contributed by atoms with van der Waals surface area (Å²) in [6.45, 7) is -0.348. The largest absolute Gasteiger partial charge is 0.505 e. The fourth-order valence-corrected chi connectivity index (χ4v) is 1.68. The van der Waals surface area contributed by atoms with Gasteiger partial charge in [0, 0.05) is 11.8 Å². The molecule has 0 unspecified atom stereocenters. The van der Waals surface area contributed by atoms with Gasteiger partial charge in [0.2, 0.25) is 5.91 Å². The van der Waals surface area contributed by atoms with Gasteiger partial charge < -0.3 is 16.2 Å². The molecule has 0 saturated carbocycles. The third-order valence-electron chi connectivity index (χ3n) is 2.68. The highest BCUT2D eigenvalue weighted by atomic mass is 19.1. The highest BCUT2D eigenvalue weighted by Crippen LogP contribution is 2.24. The third kappa shape index (κ3) is 3.53. The van der Waals surface area contributed by atoms with E-state index in [2.05, 4.69) is 10.3 Å². The van der Waals surface area contributed by atoms with Gasteiger partial charge in [0.05, 0.1) is 6.54 Å². The predicted octanol–water partition coefficient (Wildman–Crippen LogP) is 0.808. The molecule has 4 N–H and O–H groups in total. The van der Waals surface area contributed by atoms with Gasteiger partial charge in [-0.25, -0.2) is 9.37 Å². The minimum atomic E-state index is -0.711. The number of halogens is 1. The Morgan fingerprint density at radius 2 is 1.90 bits per heavy atom. The second kappa shape index (κ2) is 6.00. The Morgan fingerprint density at radius 1 is 1.24 bits per heavy atom. The molecule has 21 heavy (non-hydrogen) atoms. The highest BCUT2D eigenvalue weighted by molar-refractivity contribution is 5.97. The van der Waals surface area contributed by atoms with Crippen LogP contribution in [0.2, 0.25) is 0 Å². The summed E-state index contributed by atoms with van der Waals surface area (Å²) in [7, 11) is 0. The van der Waals surface area contributed by atoms with Gasteiger partial charge in [-0.05, 0) is 23.8 Å². The SMILES string of the molecule is NC(=O)CNC(=O)c1ncc(-c2ccc(F)cc2)cc1O. The summed E-state index contributed by atoms with van der Waals surface area (Å²) in [5.41, 5.74) is 5.85. The lowest BCUT2D eigenvalue weighted by Crippen LogP contribution is -2.33. The van der Waals surface area contributed by atoms with Crippen LogP contribution in [0.5, 0.6) is 5.75 Å². The average Bonchev–Trinajstić information content (AvgIpc) is 2.45. The second-order valence-electron chi connectivity index (χ2n) is 4.25. The topological polar surface area (TPSA) is 105 Å². The van der Waals surface area contributed by atoms with Gasteiger partial charge in [-0.3, -0.25) is 9.59 Å². The third-order valence-corrected chi connectivity index (χ3v) is 2.68. The second-order valence-corrected chi connectivity index (χ2v) is 4.25. The fourth-order valence-electron chi connectivity index (χ4n) is 1.68. The van der Waals surface area contributed by atoms with Crippen LogP contribution in [0.15, 0.2) is 36.5 Å². The van der Waals surface area contributed by atoms with E-state index >= 15 is 0 Å². The normalized spacial score (nSPS) is 10.1. The van der Waals surface area contributed by atoms with Crippen molar-refractivity contribution < 1.29 is 19.1 Å². The van der Waals surface area contributed by atoms with Crippen molar-refractivity contribution >= 4 is 11.8 Å². The van der Waals surface area contributed by atoms with Crippen LogP contribution in [-0.4, -0.2) is 28.4 Å². The van der Waals surface area contributed by atoms with Crippen LogP contribution in [0.4, 0.5) is 4.39 Å². The number of benzene rings is 1. The first-order valence-corrected chi connectivity index (χ1v) is 5.99. The number of nitrogens with two attached hydrogens (primary N) is 1. The molecule has 0 saturated heterocycles. The van der Waals surface area contributed by atoms with E-state index in [1.54, 1.807) is 0 Å². The molecular formula is C14H12FN3O3. The summed E-state index contributed by atoms with van der Waals surface area (Å²) in [5, 5.41) is 12.0. The maximum absolute atomic E-state index is 12.8. The zero-order valence-electron chi connectivity index (χ0n) is 10.8. The van der Waals surface area contributed by atoms with Crippen LogP contribution in [0.25, 0.3) is 11.1 Å². The maximum Gasteiger partial charge on any atom is 0.274 e. The molecule has 0 aliphatic heterocycles. The van der Waals surface area contributed by atoms with E-state index in [4.69, 9.17) is 5.73 Å². The van der Waals surface area contributed by atoms with Crippen molar-refractivity contribution in [1.29, 1.82) is 0 Å². The van der Waals surface area contributed by atoms with Crippen molar-refractivity contribution in [1.82, 2.24) is 10.3 Å². The van der Waals surface area contributed by atoms with Crippen molar-refractivity contribution in [2.75, 3.05) is 6.54 Å². The van der Waals surface area contributed by atoms with Crippen molar-refractivity contribution in [2.45, 2.75) is 0 Å². The summed E-state index contributed by atoms with van der Waals surface area (Å²) in [6.07, 6.45) is 1.37. The Bertz CT molecular complexity index is 686. The Kier molecular flexibility index (Phi) is 4.13. The molecule has 2 aromatic rings. The Labute approximate surface area is 119 Å². The van der Waals surface area contributed by atoms with Gasteiger partial charge in [-0.15, -0.1) is 0 Å². The monoisotopic (exact) mass is 289 g/mol. The smallest absolute Gasteiger partial charge is 0.274 e. The molecule has 7 heteroatoms. The van der Waals surface area contributed by atoms with Gasteiger partial charge in [0.1, 0.15) is 11.6 Å². The highest BCUT2D eigenvalue weighted by Gasteiger charge is 2.14. The van der Waals surface area contributed by atoms with Crippen LogP contribution in [0.3, 0.4) is 0 Å². The summed E-state index contributed by atoms with van der Waals surface area (Å²) in [6, 6.07) is 6.94. The molecule has 0 atom stereocenters. The number of hydrogen-bond donors (Lipinski definition) is 3. The van der Waals surface area contributed by atoms with Crippen LogP contribution < -0.4 is 11.1 Å². The van der Waals surface area contributed by atoms with Crippen molar-refractivity contribution in [2.24, 2.45) is 5.73 Å². The number of nitrogens with one attached hydrogen (secondary N) is 1. The molecule has 108 valence electrons. The molecule has 1 aromatic carbocycles. The molecule has 2 amide bonds. The van der Waals surface area contributed by atoms with Crippen LogP contribution in [0.1, 0.15) is 10.5 Å². The van der Waals surface area contributed by atoms with Crippen LogP contribution >= 0.6 is 0 Å². The van der Waals surface area contributed by atoms with E-state index in [0.29, 0.717) is 11.1 Å². The lowest BCUT2D eigenvalue weighted by atomic mass is 10.1. The summed E-state index contributed by atoms with van der Waals surface area (Å²) >= 11 is 0. The van der Waals surface area contributed by atoms with Gasteiger partial charge in [0.15, 0.2) is 5.69 Å². The van der Waals surface area contributed by atoms with Crippen LogP contribution in [0, 0.1) is 5.82 Å². The van der Waals surface area contributed by atoms with E-state index in [-0.39, 0.29) is 23.8 Å². The molecule has 0 bridgehead atoms. The lowest BCUT2D eigenvalue weighted by molar-refractivity contribution is -0.117. The number of primary amides is 1. The van der Waals surface area contributed by atoms with E-state index in [1.165, 1.54) is 36.5 Å². The molecule has 6 nitrogen and oxygen atoms in total. The van der Waals surface area contributed by atoms with Crippen LogP contribution in [-0.2, 0) is 4.79 Å². The number of pyridine rings is 1. The molecular weight excluding hydrogens is 277 g/mol. The number of carbonyl (C=O) groups is 2. The van der Waals surface area contributed by atoms with E-state index in [1.807, 2.05) is 0 Å². The number of hydrogen-bond acceptors (Lipinski definition) is 4. The Hall–Kier alpha value is -2.96. The van der Waals surface area contributed by atoms with Gasteiger partial charge in [-0.2, -0.15) is 0 Å². The van der Waals surface area contributed by atoms with E-state index < -0.39 is 11.8 Å². The number of rotatable bonds is 4. The van der Waals surface area contributed by atoms with Gasteiger partial charge in [0.25, 0.3) is 5.91 Å². The number of carbonyl (C=O) groups excluding carboxylic acids is 2. The number of amides is 2. The molecule has 0 spiro atoms. The summed E-state index contributed by atoms with van der Waals surface area (Å²) in [4.78, 5) is 26.1. The molecule has 1 aromatic heterocycles. The first-order chi connectivity index (χ1) is 9.97. The molecule has 1 heterocycles. The first-order valence-electron chi connectivity index (χ1n) is 5.99. The van der Waals surface area contributed by atoms with Crippen molar-refractivity contribution in [3.63, 3.8) is 0 Å². The average molecular weight is 289 g/mol. The fraction of sp³-hybridized carbons (Fsp3) is 0.0714. The lowest BCUT2D eigenvalue weighted by Gasteiger charge is -2.07. The zero-order valence-corrected chi connectivity index (χ0v) is 10.8. The number of aromatic hydroxyl groups is 1. The standard InChI is InChI=1S/C14H12FN3O3/c15-10-3-1-8(2-4-10)9-5-11(19)13(17-6-9)14(21)18-7-12(16)20/h1-6,19H,7H2,(H2,16,20)(H,18,21). The minimum Gasteiger partial charge on any atom is -0.505 e. The van der Waals surface area contributed by atoms with E-state index in [0.717, 1.165) is 0 Å². The maximum atomic E-state index is 12.8. The molecule has 0 aliphatic rings. The van der Waals surface area contributed by atoms with Crippen molar-refractivity contribution in [3.05, 3.63) is 48.0 Å². The van der Waals surface area contributed by atoms with Gasteiger partial charge >= 0.3 is 0 Å².